The van der Waals surface area contributed by atoms with Crippen molar-refractivity contribution >= 4 is 5.91 Å². The summed E-state index contributed by atoms with van der Waals surface area (Å²) in [4.78, 5) is 17.1. The normalized spacial score (nSPS) is 20.3. The van der Waals surface area contributed by atoms with Crippen LogP contribution in [0.1, 0.15) is 28.4 Å². The van der Waals surface area contributed by atoms with Gasteiger partial charge in [0.25, 0.3) is 5.91 Å². The first-order valence-electron chi connectivity index (χ1n) is 10.1. The van der Waals surface area contributed by atoms with Gasteiger partial charge in [-0.25, -0.2) is 0 Å². The summed E-state index contributed by atoms with van der Waals surface area (Å²) in [5, 5.41) is 0. The van der Waals surface area contributed by atoms with E-state index in [4.69, 9.17) is 4.74 Å². The highest BCUT2D eigenvalue weighted by Crippen LogP contribution is 2.20. The van der Waals surface area contributed by atoms with Crippen LogP contribution < -0.4 is 15.6 Å². The molecule has 2 N–H and O–H groups in total. The quantitative estimate of drug-likeness (QED) is 0.804. The number of nitrogens with zero attached hydrogens (tertiary/aromatic N) is 2. The molecule has 4 rings (SSSR count). The molecule has 1 atom stereocenters. The summed E-state index contributed by atoms with van der Waals surface area (Å²) in [5.74, 6) is 1.03. The van der Waals surface area contributed by atoms with Gasteiger partial charge in [-0.15, -0.1) is 0 Å². The third kappa shape index (κ3) is 4.70. The van der Waals surface area contributed by atoms with E-state index in [1.54, 1.807) is 0 Å². The molecular formula is C22H28N4O2. The van der Waals surface area contributed by atoms with Crippen LogP contribution in [-0.2, 0) is 0 Å². The molecule has 2 saturated heterocycles. The molecule has 2 heterocycles. The van der Waals surface area contributed by atoms with Crippen LogP contribution in [0, 0.1) is 0 Å². The van der Waals surface area contributed by atoms with E-state index in [1.165, 1.54) is 5.56 Å². The standard InChI is InChI=1S/C22H28N4O2/c27-22(19-8-6-18(7-9-19)21-10-11-23-24-21)26-14-12-25(13-15-26)16-17-28-20-4-2-1-3-5-20/h1-9,21,23-24H,10-17H2. The minimum Gasteiger partial charge on any atom is -0.492 e. The number of hydrogen-bond donors (Lipinski definition) is 2. The number of nitrogens with one attached hydrogen (secondary N) is 2. The summed E-state index contributed by atoms with van der Waals surface area (Å²) in [6, 6.07) is 18.3. The molecule has 28 heavy (non-hydrogen) atoms. The van der Waals surface area contributed by atoms with Gasteiger partial charge in [0.2, 0.25) is 0 Å². The van der Waals surface area contributed by atoms with Crippen molar-refractivity contribution in [3.8, 4) is 5.75 Å². The smallest absolute Gasteiger partial charge is 0.253 e. The zero-order valence-corrected chi connectivity index (χ0v) is 16.1. The fourth-order valence-electron chi connectivity index (χ4n) is 3.76. The second-order valence-electron chi connectivity index (χ2n) is 7.33. The average Bonchev–Trinajstić information content (AvgIpc) is 3.30. The van der Waals surface area contributed by atoms with Crippen molar-refractivity contribution in [2.75, 3.05) is 45.9 Å². The number of hydrazine groups is 1. The van der Waals surface area contributed by atoms with E-state index in [0.717, 1.165) is 57.0 Å². The molecule has 2 aromatic rings. The van der Waals surface area contributed by atoms with Crippen molar-refractivity contribution in [1.29, 1.82) is 0 Å². The van der Waals surface area contributed by atoms with Gasteiger partial charge in [0, 0.05) is 50.9 Å². The number of benzene rings is 2. The molecule has 2 aliphatic heterocycles. The maximum Gasteiger partial charge on any atom is 0.253 e. The zero-order chi connectivity index (χ0) is 19.2. The van der Waals surface area contributed by atoms with E-state index < -0.39 is 0 Å². The molecular weight excluding hydrogens is 352 g/mol. The van der Waals surface area contributed by atoms with Crippen molar-refractivity contribution < 1.29 is 9.53 Å². The molecule has 2 aliphatic rings. The third-order valence-corrected chi connectivity index (χ3v) is 5.47. The summed E-state index contributed by atoms with van der Waals surface area (Å²) in [6.45, 7) is 5.84. The molecule has 2 aromatic carbocycles. The maximum atomic E-state index is 12.8. The molecule has 2 fully saturated rings. The number of hydrogen-bond acceptors (Lipinski definition) is 5. The van der Waals surface area contributed by atoms with Crippen molar-refractivity contribution in [2.45, 2.75) is 12.5 Å². The number of piperazine rings is 1. The van der Waals surface area contributed by atoms with Crippen LogP contribution in [0.25, 0.3) is 0 Å². The first kappa shape index (κ1) is 18.9. The summed E-state index contributed by atoms with van der Waals surface area (Å²) in [7, 11) is 0. The highest BCUT2D eigenvalue weighted by molar-refractivity contribution is 5.94. The van der Waals surface area contributed by atoms with Crippen molar-refractivity contribution in [2.24, 2.45) is 0 Å². The van der Waals surface area contributed by atoms with Gasteiger partial charge < -0.3 is 9.64 Å². The van der Waals surface area contributed by atoms with Crippen molar-refractivity contribution in [3.63, 3.8) is 0 Å². The van der Waals surface area contributed by atoms with Gasteiger partial charge in [-0.05, 0) is 36.2 Å². The molecule has 0 spiro atoms. The Morgan fingerprint density at radius 3 is 2.43 bits per heavy atom. The number of carbonyl (C=O) groups is 1. The molecule has 0 bridgehead atoms. The van der Waals surface area contributed by atoms with Crippen LogP contribution in [0.3, 0.4) is 0 Å². The Bertz CT molecular complexity index is 752. The van der Waals surface area contributed by atoms with Crippen LogP contribution >= 0.6 is 0 Å². The summed E-state index contributed by atoms with van der Waals surface area (Å²) in [5.41, 5.74) is 8.41. The van der Waals surface area contributed by atoms with Gasteiger partial charge in [0.15, 0.2) is 0 Å². The number of carbonyl (C=O) groups excluding carboxylic acids is 1. The monoisotopic (exact) mass is 380 g/mol. The fraction of sp³-hybridized carbons (Fsp3) is 0.409. The molecule has 6 nitrogen and oxygen atoms in total. The average molecular weight is 380 g/mol. The van der Waals surface area contributed by atoms with Gasteiger partial charge in [-0.1, -0.05) is 30.3 Å². The predicted molar refractivity (Wildman–Crippen MR) is 109 cm³/mol. The maximum absolute atomic E-state index is 12.8. The first-order valence-corrected chi connectivity index (χ1v) is 10.1. The van der Waals surface area contributed by atoms with Gasteiger partial charge in [0.1, 0.15) is 12.4 Å². The lowest BCUT2D eigenvalue weighted by molar-refractivity contribution is 0.0620. The zero-order valence-electron chi connectivity index (χ0n) is 16.1. The predicted octanol–water partition coefficient (Wildman–Crippen LogP) is 2.06. The topological polar surface area (TPSA) is 56.8 Å². The first-order chi connectivity index (χ1) is 13.8. The second kappa shape index (κ2) is 9.19. The Morgan fingerprint density at radius 1 is 1.00 bits per heavy atom. The lowest BCUT2D eigenvalue weighted by atomic mass is 10.0. The Labute approximate surface area is 166 Å². The molecule has 0 aromatic heterocycles. The highest BCUT2D eigenvalue weighted by atomic mass is 16.5. The summed E-state index contributed by atoms with van der Waals surface area (Å²) in [6.07, 6.45) is 1.07. The molecule has 0 aliphatic carbocycles. The molecule has 148 valence electrons. The molecule has 1 amide bonds. The van der Waals surface area contributed by atoms with Crippen LogP contribution in [-0.4, -0.2) is 61.6 Å². The summed E-state index contributed by atoms with van der Waals surface area (Å²) >= 11 is 0. The lowest BCUT2D eigenvalue weighted by Gasteiger charge is -2.34. The Balaban J connectivity index is 1.22. The SMILES string of the molecule is O=C(c1ccc(C2CCNN2)cc1)N1CCN(CCOc2ccccc2)CC1. The van der Waals surface area contributed by atoms with Crippen LogP contribution in [0.5, 0.6) is 5.75 Å². The van der Waals surface area contributed by atoms with Gasteiger partial charge in [0.05, 0.1) is 0 Å². The largest absolute Gasteiger partial charge is 0.492 e. The van der Waals surface area contributed by atoms with Gasteiger partial charge >= 0.3 is 0 Å². The van der Waals surface area contributed by atoms with Gasteiger partial charge in [-0.3, -0.25) is 20.5 Å². The Kier molecular flexibility index (Phi) is 6.21. The minimum absolute atomic E-state index is 0.129. The lowest BCUT2D eigenvalue weighted by Crippen LogP contribution is -2.49. The van der Waals surface area contributed by atoms with Crippen molar-refractivity contribution in [1.82, 2.24) is 20.7 Å². The van der Waals surface area contributed by atoms with E-state index in [1.807, 2.05) is 47.4 Å². The number of ether oxygens (including phenoxy) is 1. The molecule has 0 saturated carbocycles. The van der Waals surface area contributed by atoms with E-state index in [0.29, 0.717) is 12.6 Å². The third-order valence-electron chi connectivity index (χ3n) is 5.47. The molecule has 1 unspecified atom stereocenters. The van der Waals surface area contributed by atoms with Crippen LogP contribution in [0.2, 0.25) is 0 Å². The molecule has 6 heteroatoms. The Morgan fingerprint density at radius 2 is 1.75 bits per heavy atom. The fourth-order valence-corrected chi connectivity index (χ4v) is 3.76. The second-order valence-corrected chi connectivity index (χ2v) is 7.33. The number of para-hydroxylation sites is 1. The number of rotatable bonds is 6. The highest BCUT2D eigenvalue weighted by Gasteiger charge is 2.22. The molecule has 0 radical (unpaired) electrons. The number of amides is 1. The minimum atomic E-state index is 0.129. The van der Waals surface area contributed by atoms with Crippen LogP contribution in [0.4, 0.5) is 0 Å². The Hall–Kier alpha value is -2.41. The van der Waals surface area contributed by atoms with E-state index in [-0.39, 0.29) is 5.91 Å². The summed E-state index contributed by atoms with van der Waals surface area (Å²) < 4.78 is 5.77. The van der Waals surface area contributed by atoms with Crippen LogP contribution in [0.15, 0.2) is 54.6 Å². The van der Waals surface area contributed by atoms with Crippen molar-refractivity contribution in [3.05, 3.63) is 65.7 Å². The van der Waals surface area contributed by atoms with E-state index in [2.05, 4.69) is 27.9 Å². The van der Waals surface area contributed by atoms with Gasteiger partial charge in [-0.2, -0.15) is 0 Å². The van der Waals surface area contributed by atoms with E-state index in [9.17, 15) is 4.79 Å². The van der Waals surface area contributed by atoms with E-state index >= 15 is 0 Å².